The Morgan fingerprint density at radius 3 is 2.73 bits per heavy atom. The second kappa shape index (κ2) is 5.45. The minimum absolute atomic E-state index is 0.00831. The Morgan fingerprint density at radius 1 is 1.27 bits per heavy atom. The Kier molecular flexibility index (Phi) is 3.75. The minimum Gasteiger partial charge on any atom is -0.497 e. The van der Waals surface area contributed by atoms with Gasteiger partial charge in [-0.05, 0) is 75.3 Å². The van der Waals surface area contributed by atoms with E-state index in [1.807, 2.05) is 26.8 Å². The molecule has 22 heavy (non-hydrogen) atoms. The SMILES string of the molecule is COc1ccc2c(c1)CC1=C2CC(C(=O)OC(C)(C)C)CC1. The van der Waals surface area contributed by atoms with E-state index in [4.69, 9.17) is 9.47 Å². The number of hydrogen-bond acceptors (Lipinski definition) is 3. The maximum Gasteiger partial charge on any atom is 0.309 e. The van der Waals surface area contributed by atoms with Gasteiger partial charge in [-0.15, -0.1) is 0 Å². The number of carbonyl (C=O) groups excluding carboxylic acids is 1. The van der Waals surface area contributed by atoms with Gasteiger partial charge in [-0.3, -0.25) is 4.79 Å². The summed E-state index contributed by atoms with van der Waals surface area (Å²) in [6.45, 7) is 5.78. The summed E-state index contributed by atoms with van der Waals surface area (Å²) in [5.74, 6) is 0.842. The van der Waals surface area contributed by atoms with Gasteiger partial charge in [-0.1, -0.05) is 11.6 Å². The van der Waals surface area contributed by atoms with Crippen molar-refractivity contribution in [2.24, 2.45) is 5.92 Å². The van der Waals surface area contributed by atoms with Crippen LogP contribution < -0.4 is 4.74 Å². The summed E-state index contributed by atoms with van der Waals surface area (Å²) in [7, 11) is 1.70. The molecule has 0 spiro atoms. The fourth-order valence-corrected chi connectivity index (χ4v) is 3.44. The van der Waals surface area contributed by atoms with Crippen LogP contribution in [-0.2, 0) is 16.0 Å². The van der Waals surface area contributed by atoms with Gasteiger partial charge in [0.1, 0.15) is 11.4 Å². The second-order valence-corrected chi connectivity index (χ2v) is 7.26. The molecule has 1 atom stereocenters. The van der Waals surface area contributed by atoms with Crippen molar-refractivity contribution in [3.8, 4) is 5.75 Å². The summed E-state index contributed by atoms with van der Waals surface area (Å²) < 4.78 is 10.9. The number of carbonyl (C=O) groups is 1. The summed E-state index contributed by atoms with van der Waals surface area (Å²) in [6, 6.07) is 6.26. The highest BCUT2D eigenvalue weighted by atomic mass is 16.6. The largest absolute Gasteiger partial charge is 0.497 e. The first-order chi connectivity index (χ1) is 10.4. The van der Waals surface area contributed by atoms with Crippen molar-refractivity contribution >= 4 is 11.5 Å². The van der Waals surface area contributed by atoms with Crippen molar-refractivity contribution < 1.29 is 14.3 Å². The highest BCUT2D eigenvalue weighted by molar-refractivity contribution is 5.83. The number of methoxy groups -OCH3 is 1. The van der Waals surface area contributed by atoms with E-state index in [2.05, 4.69) is 12.1 Å². The third-order valence-corrected chi connectivity index (χ3v) is 4.45. The van der Waals surface area contributed by atoms with Crippen LogP contribution >= 0.6 is 0 Å². The Hall–Kier alpha value is -1.77. The van der Waals surface area contributed by atoms with Crippen LogP contribution in [0.1, 0.15) is 51.2 Å². The van der Waals surface area contributed by atoms with Gasteiger partial charge in [0.05, 0.1) is 13.0 Å². The van der Waals surface area contributed by atoms with Crippen LogP contribution in [0.3, 0.4) is 0 Å². The molecule has 3 heteroatoms. The first kappa shape index (κ1) is 15.1. The molecule has 3 rings (SSSR count). The van der Waals surface area contributed by atoms with Crippen LogP contribution in [0.15, 0.2) is 23.8 Å². The quantitative estimate of drug-likeness (QED) is 0.770. The van der Waals surface area contributed by atoms with Crippen molar-refractivity contribution in [2.75, 3.05) is 7.11 Å². The Labute approximate surface area is 132 Å². The average molecular weight is 300 g/mol. The first-order valence-corrected chi connectivity index (χ1v) is 7.98. The maximum absolute atomic E-state index is 12.3. The standard InChI is InChI=1S/C19H24O3/c1-19(2,3)22-18(20)13-6-5-12-9-14-10-15(21-4)7-8-16(14)17(12)11-13/h7-8,10,13H,5-6,9,11H2,1-4H3. The molecular formula is C19H24O3. The molecule has 2 aliphatic carbocycles. The van der Waals surface area contributed by atoms with Gasteiger partial charge in [-0.2, -0.15) is 0 Å². The molecule has 0 radical (unpaired) electrons. The van der Waals surface area contributed by atoms with Crippen molar-refractivity contribution in [1.29, 1.82) is 0 Å². The lowest BCUT2D eigenvalue weighted by Gasteiger charge is -2.27. The van der Waals surface area contributed by atoms with Crippen LogP contribution in [-0.4, -0.2) is 18.7 Å². The maximum atomic E-state index is 12.3. The van der Waals surface area contributed by atoms with Gasteiger partial charge in [0.15, 0.2) is 0 Å². The van der Waals surface area contributed by atoms with E-state index in [0.29, 0.717) is 0 Å². The summed E-state index contributed by atoms with van der Waals surface area (Å²) in [6.07, 6.45) is 3.71. The second-order valence-electron chi connectivity index (χ2n) is 7.26. The normalized spacial score (nSPS) is 20.5. The van der Waals surface area contributed by atoms with Crippen LogP contribution in [0.2, 0.25) is 0 Å². The molecule has 0 aliphatic heterocycles. The van der Waals surface area contributed by atoms with E-state index >= 15 is 0 Å². The van der Waals surface area contributed by atoms with Gasteiger partial charge in [-0.25, -0.2) is 0 Å². The molecular weight excluding hydrogens is 276 g/mol. The van der Waals surface area contributed by atoms with Crippen LogP contribution in [0, 0.1) is 5.92 Å². The molecule has 118 valence electrons. The number of rotatable bonds is 2. The summed E-state index contributed by atoms with van der Waals surface area (Å²) in [5.41, 5.74) is 5.06. The van der Waals surface area contributed by atoms with Gasteiger partial charge in [0.2, 0.25) is 0 Å². The Morgan fingerprint density at radius 2 is 2.05 bits per heavy atom. The highest BCUT2D eigenvalue weighted by Crippen LogP contribution is 2.44. The third kappa shape index (κ3) is 2.90. The highest BCUT2D eigenvalue weighted by Gasteiger charge is 2.33. The molecule has 0 fully saturated rings. The van der Waals surface area contributed by atoms with E-state index in [9.17, 15) is 4.79 Å². The molecule has 0 bridgehead atoms. The average Bonchev–Trinajstić information content (AvgIpc) is 2.81. The summed E-state index contributed by atoms with van der Waals surface area (Å²) >= 11 is 0. The fraction of sp³-hybridized carbons (Fsp3) is 0.526. The molecule has 0 amide bonds. The van der Waals surface area contributed by atoms with E-state index in [1.54, 1.807) is 7.11 Å². The van der Waals surface area contributed by atoms with Crippen LogP contribution in [0.4, 0.5) is 0 Å². The molecule has 0 aromatic heterocycles. The van der Waals surface area contributed by atoms with E-state index in [1.165, 1.54) is 22.3 Å². The van der Waals surface area contributed by atoms with Crippen LogP contribution in [0.25, 0.3) is 5.57 Å². The molecule has 2 aliphatic rings. The predicted molar refractivity (Wildman–Crippen MR) is 86.8 cm³/mol. The lowest BCUT2D eigenvalue weighted by molar-refractivity contribution is -0.160. The smallest absolute Gasteiger partial charge is 0.309 e. The number of hydrogen-bond donors (Lipinski definition) is 0. The zero-order valence-corrected chi connectivity index (χ0v) is 13.9. The van der Waals surface area contributed by atoms with E-state index in [-0.39, 0.29) is 11.9 Å². The monoisotopic (exact) mass is 300 g/mol. The fourth-order valence-electron chi connectivity index (χ4n) is 3.44. The lowest BCUT2D eigenvalue weighted by Crippen LogP contribution is -2.29. The number of fused-ring (bicyclic) bond motifs is 2. The van der Waals surface area contributed by atoms with Gasteiger partial charge < -0.3 is 9.47 Å². The molecule has 1 aromatic carbocycles. The number of ether oxygens (including phenoxy) is 2. The van der Waals surface area contributed by atoms with E-state index in [0.717, 1.165) is 31.4 Å². The first-order valence-electron chi connectivity index (χ1n) is 7.98. The summed E-state index contributed by atoms with van der Waals surface area (Å²) in [4.78, 5) is 12.3. The topological polar surface area (TPSA) is 35.5 Å². The van der Waals surface area contributed by atoms with E-state index < -0.39 is 5.60 Å². The number of benzene rings is 1. The predicted octanol–water partition coefficient (Wildman–Crippen LogP) is 4.15. The van der Waals surface area contributed by atoms with Gasteiger partial charge >= 0.3 is 5.97 Å². The minimum atomic E-state index is -0.410. The molecule has 0 heterocycles. The lowest BCUT2D eigenvalue weighted by atomic mass is 9.84. The van der Waals surface area contributed by atoms with Gasteiger partial charge in [0.25, 0.3) is 0 Å². The molecule has 1 unspecified atom stereocenters. The molecule has 0 saturated heterocycles. The number of esters is 1. The Balaban J connectivity index is 1.79. The zero-order valence-electron chi connectivity index (χ0n) is 13.9. The van der Waals surface area contributed by atoms with Crippen molar-refractivity contribution in [2.45, 2.75) is 52.1 Å². The van der Waals surface area contributed by atoms with Crippen molar-refractivity contribution in [3.63, 3.8) is 0 Å². The van der Waals surface area contributed by atoms with Crippen molar-refractivity contribution in [1.82, 2.24) is 0 Å². The van der Waals surface area contributed by atoms with Crippen LogP contribution in [0.5, 0.6) is 5.75 Å². The summed E-state index contributed by atoms with van der Waals surface area (Å²) in [5, 5.41) is 0. The third-order valence-electron chi connectivity index (χ3n) is 4.45. The molecule has 0 saturated carbocycles. The zero-order chi connectivity index (χ0) is 15.9. The molecule has 0 N–H and O–H groups in total. The van der Waals surface area contributed by atoms with Crippen molar-refractivity contribution in [3.05, 3.63) is 34.9 Å². The number of allylic oxidation sites excluding steroid dienone is 2. The molecule has 3 nitrogen and oxygen atoms in total. The van der Waals surface area contributed by atoms with Gasteiger partial charge in [0, 0.05) is 0 Å². The Bertz CT molecular complexity index is 635. The molecule has 1 aromatic rings.